The van der Waals surface area contributed by atoms with E-state index < -0.39 is 17.6 Å². The number of pyridine rings is 1. The molecule has 0 aliphatic carbocycles. The van der Waals surface area contributed by atoms with Gasteiger partial charge in [0.05, 0.1) is 30.7 Å². The van der Waals surface area contributed by atoms with Crippen molar-refractivity contribution < 1.29 is 22.7 Å². The van der Waals surface area contributed by atoms with Crippen molar-refractivity contribution in [3.63, 3.8) is 0 Å². The van der Waals surface area contributed by atoms with Gasteiger partial charge in [0.1, 0.15) is 5.82 Å². The molecule has 9 heteroatoms. The molecule has 0 spiro atoms. The number of halogens is 3. The van der Waals surface area contributed by atoms with Crippen LogP contribution in [-0.4, -0.2) is 55.2 Å². The van der Waals surface area contributed by atoms with Crippen molar-refractivity contribution in [3.8, 4) is 0 Å². The summed E-state index contributed by atoms with van der Waals surface area (Å²) in [7, 11) is 0. The first kappa shape index (κ1) is 20.1. The molecule has 2 N–H and O–H groups in total. The molecule has 6 nitrogen and oxygen atoms in total. The molecule has 150 valence electrons. The minimum atomic E-state index is -4.49. The van der Waals surface area contributed by atoms with E-state index in [9.17, 15) is 18.0 Å². The predicted molar refractivity (Wildman–Crippen MR) is 99.4 cm³/mol. The third kappa shape index (κ3) is 5.67. The molecule has 0 atom stereocenters. The SMILES string of the molecule is O=C(Nc1ccc(NCCN2CCOCC2)nc1)c1cccc(C(F)(F)F)c1. The molecule has 2 aromatic rings. The van der Waals surface area contributed by atoms with Gasteiger partial charge in [-0.25, -0.2) is 4.98 Å². The van der Waals surface area contributed by atoms with Crippen molar-refractivity contribution in [2.75, 3.05) is 50.0 Å². The summed E-state index contributed by atoms with van der Waals surface area (Å²) in [5.74, 6) is 0.0336. The van der Waals surface area contributed by atoms with Crippen LogP contribution in [0.15, 0.2) is 42.6 Å². The Labute approximate surface area is 160 Å². The zero-order valence-electron chi connectivity index (χ0n) is 15.1. The zero-order chi connectivity index (χ0) is 20.0. The maximum atomic E-state index is 12.8. The lowest BCUT2D eigenvalue weighted by molar-refractivity contribution is -0.137. The van der Waals surface area contributed by atoms with Crippen LogP contribution in [0.5, 0.6) is 0 Å². The monoisotopic (exact) mass is 394 g/mol. The van der Waals surface area contributed by atoms with Gasteiger partial charge in [0.2, 0.25) is 0 Å². The van der Waals surface area contributed by atoms with Crippen LogP contribution < -0.4 is 10.6 Å². The van der Waals surface area contributed by atoms with Gasteiger partial charge < -0.3 is 15.4 Å². The summed E-state index contributed by atoms with van der Waals surface area (Å²) < 4.78 is 43.6. The number of carbonyl (C=O) groups excluding carboxylic acids is 1. The van der Waals surface area contributed by atoms with Crippen LogP contribution in [0.3, 0.4) is 0 Å². The quantitative estimate of drug-likeness (QED) is 0.788. The highest BCUT2D eigenvalue weighted by Gasteiger charge is 2.30. The van der Waals surface area contributed by atoms with Crippen molar-refractivity contribution in [2.45, 2.75) is 6.18 Å². The van der Waals surface area contributed by atoms with Crippen LogP contribution >= 0.6 is 0 Å². The van der Waals surface area contributed by atoms with E-state index in [1.165, 1.54) is 18.3 Å². The number of morpholine rings is 1. The third-order valence-electron chi connectivity index (χ3n) is 4.31. The summed E-state index contributed by atoms with van der Waals surface area (Å²) in [6.07, 6.45) is -3.03. The molecule has 1 saturated heterocycles. The number of hydrogen-bond acceptors (Lipinski definition) is 5. The second kappa shape index (κ2) is 9.03. The number of ether oxygens (including phenoxy) is 1. The summed E-state index contributed by atoms with van der Waals surface area (Å²) in [5.41, 5.74) is -0.526. The summed E-state index contributed by atoms with van der Waals surface area (Å²) in [6, 6.07) is 7.65. The Kier molecular flexibility index (Phi) is 6.48. The second-order valence-electron chi connectivity index (χ2n) is 6.35. The Morgan fingerprint density at radius 3 is 2.64 bits per heavy atom. The Hall–Kier alpha value is -2.65. The maximum Gasteiger partial charge on any atom is 0.416 e. The number of nitrogens with zero attached hydrogens (tertiary/aromatic N) is 2. The molecule has 0 radical (unpaired) electrons. The molecule has 2 heterocycles. The lowest BCUT2D eigenvalue weighted by Crippen LogP contribution is -2.39. The van der Waals surface area contributed by atoms with Crippen LogP contribution in [0.2, 0.25) is 0 Å². The lowest BCUT2D eigenvalue weighted by Gasteiger charge is -2.26. The van der Waals surface area contributed by atoms with Crippen LogP contribution in [0.4, 0.5) is 24.7 Å². The number of benzene rings is 1. The number of amides is 1. The Bertz CT molecular complexity index is 791. The number of rotatable bonds is 6. The first-order valence-electron chi connectivity index (χ1n) is 8.90. The molecule has 1 amide bonds. The number of carbonyl (C=O) groups is 1. The molecule has 3 rings (SSSR count). The standard InChI is InChI=1S/C19H21F3N4O2/c20-19(21,22)15-3-1-2-14(12-15)18(27)25-16-4-5-17(24-13-16)23-6-7-26-8-10-28-11-9-26/h1-5,12-13H,6-11H2,(H,23,24)(H,25,27). The number of anilines is 2. The van der Waals surface area contributed by atoms with E-state index in [4.69, 9.17) is 4.74 Å². The van der Waals surface area contributed by atoms with Crippen LogP contribution in [0.1, 0.15) is 15.9 Å². The summed E-state index contributed by atoms with van der Waals surface area (Å²) in [6.45, 7) is 4.92. The van der Waals surface area contributed by atoms with Gasteiger partial charge in [-0.1, -0.05) is 6.07 Å². The Balaban J connectivity index is 1.51. The number of alkyl halides is 3. The molecule has 1 fully saturated rings. The van der Waals surface area contributed by atoms with Crippen molar-refractivity contribution in [1.82, 2.24) is 9.88 Å². The topological polar surface area (TPSA) is 66.5 Å². The molecule has 1 aliphatic rings. The van der Waals surface area contributed by atoms with Gasteiger partial charge in [-0.15, -0.1) is 0 Å². The highest BCUT2D eigenvalue weighted by atomic mass is 19.4. The average molecular weight is 394 g/mol. The number of nitrogens with one attached hydrogen (secondary N) is 2. The highest BCUT2D eigenvalue weighted by molar-refractivity contribution is 6.04. The fourth-order valence-corrected chi connectivity index (χ4v) is 2.78. The molecule has 0 unspecified atom stereocenters. The average Bonchev–Trinajstić information content (AvgIpc) is 2.69. The number of aromatic nitrogens is 1. The highest BCUT2D eigenvalue weighted by Crippen LogP contribution is 2.29. The molecule has 0 saturated carbocycles. The minimum Gasteiger partial charge on any atom is -0.379 e. The molecular formula is C19H21F3N4O2. The molecule has 1 aromatic carbocycles. The summed E-state index contributed by atoms with van der Waals surface area (Å²) in [5, 5.41) is 5.75. The molecule has 28 heavy (non-hydrogen) atoms. The molecule has 1 aromatic heterocycles. The van der Waals surface area contributed by atoms with E-state index in [1.54, 1.807) is 12.1 Å². The van der Waals surface area contributed by atoms with Crippen molar-refractivity contribution in [1.29, 1.82) is 0 Å². The molecule has 1 aliphatic heterocycles. The van der Waals surface area contributed by atoms with Gasteiger partial charge in [0.25, 0.3) is 5.91 Å². The van der Waals surface area contributed by atoms with Gasteiger partial charge in [-0.2, -0.15) is 13.2 Å². The van der Waals surface area contributed by atoms with Gasteiger partial charge in [0.15, 0.2) is 0 Å². The van der Waals surface area contributed by atoms with Crippen molar-refractivity contribution >= 4 is 17.4 Å². The largest absolute Gasteiger partial charge is 0.416 e. The second-order valence-corrected chi connectivity index (χ2v) is 6.35. The molecular weight excluding hydrogens is 373 g/mol. The normalized spacial score (nSPS) is 15.2. The minimum absolute atomic E-state index is 0.0671. The smallest absolute Gasteiger partial charge is 0.379 e. The van der Waals surface area contributed by atoms with Crippen molar-refractivity contribution in [2.24, 2.45) is 0 Å². The summed E-state index contributed by atoms with van der Waals surface area (Å²) in [4.78, 5) is 18.7. The number of hydrogen-bond donors (Lipinski definition) is 2. The van der Waals surface area contributed by atoms with Gasteiger partial charge in [-0.3, -0.25) is 9.69 Å². The fourth-order valence-electron chi connectivity index (χ4n) is 2.78. The van der Waals surface area contributed by atoms with Crippen LogP contribution in [-0.2, 0) is 10.9 Å². The Morgan fingerprint density at radius 1 is 1.18 bits per heavy atom. The van der Waals surface area contributed by atoms with Crippen LogP contribution in [0, 0.1) is 0 Å². The zero-order valence-corrected chi connectivity index (χ0v) is 15.1. The van der Waals surface area contributed by atoms with Gasteiger partial charge in [0, 0.05) is 31.7 Å². The van der Waals surface area contributed by atoms with Crippen LogP contribution in [0.25, 0.3) is 0 Å². The van der Waals surface area contributed by atoms with E-state index in [1.807, 2.05) is 0 Å². The third-order valence-corrected chi connectivity index (χ3v) is 4.31. The Morgan fingerprint density at radius 2 is 1.96 bits per heavy atom. The first-order valence-corrected chi connectivity index (χ1v) is 8.90. The van der Waals surface area contributed by atoms with E-state index in [-0.39, 0.29) is 5.56 Å². The van der Waals surface area contributed by atoms with E-state index >= 15 is 0 Å². The van der Waals surface area contributed by atoms with Gasteiger partial charge >= 0.3 is 6.18 Å². The van der Waals surface area contributed by atoms with E-state index in [0.29, 0.717) is 11.5 Å². The van der Waals surface area contributed by atoms with E-state index in [2.05, 4.69) is 20.5 Å². The lowest BCUT2D eigenvalue weighted by atomic mass is 10.1. The van der Waals surface area contributed by atoms with E-state index in [0.717, 1.165) is 51.5 Å². The summed E-state index contributed by atoms with van der Waals surface area (Å²) >= 11 is 0. The van der Waals surface area contributed by atoms with Gasteiger partial charge in [-0.05, 0) is 30.3 Å². The molecule has 0 bridgehead atoms. The first-order chi connectivity index (χ1) is 13.4. The fraction of sp³-hybridized carbons (Fsp3) is 0.368. The predicted octanol–water partition coefficient (Wildman–Crippen LogP) is 3.10. The maximum absolute atomic E-state index is 12.8. The van der Waals surface area contributed by atoms with Crippen molar-refractivity contribution in [3.05, 3.63) is 53.7 Å².